The van der Waals surface area contributed by atoms with E-state index >= 15 is 0 Å². The Morgan fingerprint density at radius 2 is 1.69 bits per heavy atom. The van der Waals surface area contributed by atoms with Crippen molar-refractivity contribution in [1.82, 2.24) is 9.80 Å². The van der Waals surface area contributed by atoms with E-state index in [9.17, 15) is 9.18 Å². The first kappa shape index (κ1) is 18.1. The molecular formula is C21H23FN2O2. The highest BCUT2D eigenvalue weighted by Crippen LogP contribution is 2.13. The van der Waals surface area contributed by atoms with Gasteiger partial charge in [-0.05, 0) is 41.5 Å². The van der Waals surface area contributed by atoms with Crippen LogP contribution in [-0.4, -0.2) is 49.0 Å². The molecule has 1 heterocycles. The summed E-state index contributed by atoms with van der Waals surface area (Å²) in [5, 5.41) is 0. The van der Waals surface area contributed by atoms with E-state index in [4.69, 9.17) is 4.74 Å². The predicted molar refractivity (Wildman–Crippen MR) is 100 cm³/mol. The smallest absolute Gasteiger partial charge is 0.246 e. The van der Waals surface area contributed by atoms with E-state index in [1.54, 1.807) is 13.2 Å². The van der Waals surface area contributed by atoms with Crippen molar-refractivity contribution in [1.29, 1.82) is 0 Å². The molecular weight excluding hydrogens is 331 g/mol. The van der Waals surface area contributed by atoms with Crippen LogP contribution in [0.1, 0.15) is 11.1 Å². The third-order valence-corrected chi connectivity index (χ3v) is 4.54. The van der Waals surface area contributed by atoms with E-state index in [1.165, 1.54) is 12.1 Å². The molecule has 0 unspecified atom stereocenters. The molecule has 0 N–H and O–H groups in total. The molecule has 1 aliphatic heterocycles. The Balaban J connectivity index is 1.48. The number of hydrogen-bond donors (Lipinski definition) is 0. The first-order chi connectivity index (χ1) is 12.6. The summed E-state index contributed by atoms with van der Waals surface area (Å²) < 4.78 is 18.1. The van der Waals surface area contributed by atoms with E-state index in [1.807, 2.05) is 47.4 Å². The van der Waals surface area contributed by atoms with Crippen LogP contribution in [0.25, 0.3) is 6.08 Å². The van der Waals surface area contributed by atoms with Gasteiger partial charge in [0.2, 0.25) is 5.91 Å². The Hall–Kier alpha value is -2.66. The van der Waals surface area contributed by atoms with Gasteiger partial charge in [0.05, 0.1) is 7.11 Å². The van der Waals surface area contributed by atoms with Crippen molar-refractivity contribution in [2.75, 3.05) is 33.3 Å². The second-order valence-corrected chi connectivity index (χ2v) is 6.33. The molecule has 136 valence electrons. The van der Waals surface area contributed by atoms with Crippen molar-refractivity contribution in [3.05, 3.63) is 71.6 Å². The molecule has 0 spiro atoms. The molecule has 0 saturated carbocycles. The number of hydrogen-bond acceptors (Lipinski definition) is 3. The van der Waals surface area contributed by atoms with E-state index < -0.39 is 0 Å². The number of rotatable bonds is 5. The minimum atomic E-state index is -0.215. The molecule has 0 atom stereocenters. The van der Waals surface area contributed by atoms with Gasteiger partial charge in [-0.15, -0.1) is 0 Å². The fraction of sp³-hybridized carbons (Fsp3) is 0.286. The summed E-state index contributed by atoms with van der Waals surface area (Å²) in [6, 6.07) is 14.2. The number of amides is 1. The van der Waals surface area contributed by atoms with Gasteiger partial charge in [0.25, 0.3) is 0 Å². The van der Waals surface area contributed by atoms with Gasteiger partial charge in [0.15, 0.2) is 0 Å². The summed E-state index contributed by atoms with van der Waals surface area (Å²) in [4.78, 5) is 16.5. The highest BCUT2D eigenvalue weighted by molar-refractivity contribution is 5.91. The van der Waals surface area contributed by atoms with Gasteiger partial charge in [-0.2, -0.15) is 0 Å². The number of nitrogens with zero attached hydrogens (tertiary/aromatic N) is 2. The summed E-state index contributed by atoms with van der Waals surface area (Å²) in [7, 11) is 1.63. The van der Waals surface area contributed by atoms with Crippen LogP contribution in [0.2, 0.25) is 0 Å². The third-order valence-electron chi connectivity index (χ3n) is 4.54. The number of ether oxygens (including phenoxy) is 1. The van der Waals surface area contributed by atoms with Crippen LogP contribution >= 0.6 is 0 Å². The van der Waals surface area contributed by atoms with Gasteiger partial charge in [0.1, 0.15) is 11.6 Å². The standard InChI is InChI=1S/C21H23FN2O2/c1-26-20-9-4-17(5-10-20)6-11-21(25)24-14-12-23(13-15-24)16-18-2-7-19(22)8-3-18/h2-11H,12-16H2,1H3/b11-6+. The molecule has 4 nitrogen and oxygen atoms in total. The van der Waals surface area contributed by atoms with Crippen LogP contribution in [0.4, 0.5) is 4.39 Å². The number of carbonyl (C=O) groups excluding carboxylic acids is 1. The van der Waals surface area contributed by atoms with E-state index in [2.05, 4.69) is 4.90 Å². The normalized spacial score (nSPS) is 15.4. The maximum atomic E-state index is 13.0. The molecule has 26 heavy (non-hydrogen) atoms. The average Bonchev–Trinajstić information content (AvgIpc) is 2.69. The first-order valence-corrected chi connectivity index (χ1v) is 8.72. The highest BCUT2D eigenvalue weighted by Gasteiger charge is 2.19. The Morgan fingerprint density at radius 1 is 1.04 bits per heavy atom. The molecule has 0 aromatic heterocycles. The number of carbonyl (C=O) groups is 1. The topological polar surface area (TPSA) is 32.8 Å². The van der Waals surface area contributed by atoms with E-state index in [0.29, 0.717) is 13.1 Å². The van der Waals surface area contributed by atoms with Crippen LogP contribution in [-0.2, 0) is 11.3 Å². The van der Waals surface area contributed by atoms with Crippen LogP contribution in [0, 0.1) is 5.82 Å². The second kappa shape index (κ2) is 8.63. The van der Waals surface area contributed by atoms with Gasteiger partial charge in [-0.1, -0.05) is 24.3 Å². The molecule has 1 saturated heterocycles. The monoisotopic (exact) mass is 354 g/mol. The van der Waals surface area contributed by atoms with Crippen molar-refractivity contribution in [3.63, 3.8) is 0 Å². The lowest BCUT2D eigenvalue weighted by atomic mass is 10.2. The molecule has 2 aromatic rings. The SMILES string of the molecule is COc1ccc(/C=C/C(=O)N2CCN(Cc3ccc(F)cc3)CC2)cc1. The fourth-order valence-electron chi connectivity index (χ4n) is 2.96. The zero-order valence-electron chi connectivity index (χ0n) is 14.9. The Bertz CT molecular complexity index is 749. The quantitative estimate of drug-likeness (QED) is 0.773. The van der Waals surface area contributed by atoms with Crippen LogP contribution in [0.15, 0.2) is 54.6 Å². The van der Waals surface area contributed by atoms with Crippen molar-refractivity contribution in [2.45, 2.75) is 6.54 Å². The fourth-order valence-corrected chi connectivity index (χ4v) is 2.96. The van der Waals surface area contributed by atoms with Crippen molar-refractivity contribution in [3.8, 4) is 5.75 Å². The Labute approximate surface area is 153 Å². The van der Waals surface area contributed by atoms with Gasteiger partial charge < -0.3 is 9.64 Å². The maximum absolute atomic E-state index is 13.0. The zero-order chi connectivity index (χ0) is 18.4. The summed E-state index contributed by atoms with van der Waals surface area (Å²) >= 11 is 0. The summed E-state index contributed by atoms with van der Waals surface area (Å²) in [6.07, 6.45) is 3.45. The molecule has 2 aromatic carbocycles. The van der Waals surface area contributed by atoms with Crippen LogP contribution in [0.3, 0.4) is 0 Å². The van der Waals surface area contributed by atoms with Gasteiger partial charge in [-0.25, -0.2) is 4.39 Å². The zero-order valence-corrected chi connectivity index (χ0v) is 14.9. The lowest BCUT2D eigenvalue weighted by Gasteiger charge is -2.34. The largest absolute Gasteiger partial charge is 0.497 e. The average molecular weight is 354 g/mol. The third kappa shape index (κ3) is 4.92. The Kier molecular flexibility index (Phi) is 6.02. The van der Waals surface area contributed by atoms with Crippen molar-refractivity contribution < 1.29 is 13.9 Å². The molecule has 1 aliphatic rings. The molecule has 1 fully saturated rings. The van der Waals surface area contributed by atoms with Gasteiger partial charge in [-0.3, -0.25) is 9.69 Å². The number of benzene rings is 2. The minimum Gasteiger partial charge on any atom is -0.497 e. The summed E-state index contributed by atoms with van der Waals surface area (Å²) in [6.45, 7) is 3.82. The summed E-state index contributed by atoms with van der Waals surface area (Å²) in [5.41, 5.74) is 2.06. The Morgan fingerprint density at radius 3 is 2.31 bits per heavy atom. The number of piperazine rings is 1. The molecule has 5 heteroatoms. The minimum absolute atomic E-state index is 0.0299. The summed E-state index contributed by atoms with van der Waals surface area (Å²) in [5.74, 6) is 0.612. The molecule has 0 aliphatic carbocycles. The van der Waals surface area contributed by atoms with E-state index in [0.717, 1.165) is 36.5 Å². The van der Waals surface area contributed by atoms with Crippen LogP contribution < -0.4 is 4.74 Å². The van der Waals surface area contributed by atoms with Gasteiger partial charge >= 0.3 is 0 Å². The second-order valence-electron chi connectivity index (χ2n) is 6.33. The maximum Gasteiger partial charge on any atom is 0.246 e. The molecule has 3 rings (SSSR count). The molecule has 0 bridgehead atoms. The van der Waals surface area contributed by atoms with Crippen molar-refractivity contribution in [2.24, 2.45) is 0 Å². The predicted octanol–water partition coefficient (Wildman–Crippen LogP) is 3.19. The van der Waals surface area contributed by atoms with Gasteiger partial charge in [0, 0.05) is 38.8 Å². The van der Waals surface area contributed by atoms with Crippen molar-refractivity contribution >= 4 is 12.0 Å². The number of halogens is 1. The van der Waals surface area contributed by atoms with Crippen LogP contribution in [0.5, 0.6) is 5.75 Å². The molecule has 1 amide bonds. The lowest BCUT2D eigenvalue weighted by Crippen LogP contribution is -2.47. The lowest BCUT2D eigenvalue weighted by molar-refractivity contribution is -0.127. The highest BCUT2D eigenvalue weighted by atomic mass is 19.1. The number of methoxy groups -OCH3 is 1. The van der Waals surface area contributed by atoms with E-state index in [-0.39, 0.29) is 11.7 Å². The molecule has 0 radical (unpaired) electrons. The first-order valence-electron chi connectivity index (χ1n) is 8.72.